The van der Waals surface area contributed by atoms with E-state index in [1.807, 2.05) is 0 Å². The Kier molecular flexibility index (Phi) is 5.48. The van der Waals surface area contributed by atoms with E-state index in [1.54, 1.807) is 31.4 Å². The molecule has 0 bridgehead atoms. The number of ether oxygens (including phenoxy) is 1. The van der Waals surface area contributed by atoms with E-state index in [4.69, 9.17) is 16.3 Å². The lowest BCUT2D eigenvalue weighted by Crippen LogP contribution is -2.31. The lowest BCUT2D eigenvalue weighted by atomic mass is 10.1. The van der Waals surface area contributed by atoms with Gasteiger partial charge in [-0.25, -0.2) is 13.8 Å². The third-order valence-corrected chi connectivity index (χ3v) is 6.21. The number of halogens is 3. The van der Waals surface area contributed by atoms with Gasteiger partial charge in [-0.1, -0.05) is 11.6 Å². The first-order valence-electron chi connectivity index (χ1n) is 10.8. The highest BCUT2D eigenvalue weighted by atomic mass is 35.5. The minimum absolute atomic E-state index is 0.119. The number of benzene rings is 1. The molecule has 0 radical (unpaired) electrons. The van der Waals surface area contributed by atoms with E-state index >= 15 is 0 Å². The van der Waals surface area contributed by atoms with Gasteiger partial charge in [0.1, 0.15) is 5.02 Å². The number of rotatable bonds is 3. The van der Waals surface area contributed by atoms with Gasteiger partial charge in [0.05, 0.1) is 23.9 Å². The molecule has 0 aliphatic carbocycles. The number of aryl methyl sites for hydroxylation is 1. The molecule has 0 saturated carbocycles. The first-order valence-corrected chi connectivity index (χ1v) is 11.2. The summed E-state index contributed by atoms with van der Waals surface area (Å²) >= 11 is 6.35. The third-order valence-electron chi connectivity index (χ3n) is 5.94. The van der Waals surface area contributed by atoms with Crippen LogP contribution in [0.25, 0.3) is 10.9 Å². The predicted molar refractivity (Wildman–Crippen MR) is 125 cm³/mol. The number of aromatic nitrogens is 3. The lowest BCUT2D eigenvalue weighted by molar-refractivity contribution is -0.0251. The van der Waals surface area contributed by atoms with Gasteiger partial charge in [-0.15, -0.1) is 0 Å². The summed E-state index contributed by atoms with van der Waals surface area (Å²) in [6.07, 6.45) is 4.95. The Bertz CT molecular complexity index is 1280. The van der Waals surface area contributed by atoms with Gasteiger partial charge in [-0.3, -0.25) is 4.79 Å². The maximum atomic E-state index is 13.9. The average molecular weight is 477 g/mol. The van der Waals surface area contributed by atoms with Gasteiger partial charge in [0, 0.05) is 31.2 Å². The van der Waals surface area contributed by atoms with Crippen molar-refractivity contribution in [2.75, 3.05) is 41.8 Å². The number of anilines is 4. The van der Waals surface area contributed by atoms with Gasteiger partial charge < -0.3 is 24.8 Å². The fourth-order valence-corrected chi connectivity index (χ4v) is 4.32. The highest BCUT2D eigenvalue weighted by Crippen LogP contribution is 2.36. The van der Waals surface area contributed by atoms with Gasteiger partial charge in [-0.05, 0) is 37.5 Å². The molecule has 5 rings (SSSR count). The number of nitrogens with zero attached hydrogens (tertiary/aromatic N) is 4. The summed E-state index contributed by atoms with van der Waals surface area (Å²) in [6, 6.07) is 5.27. The molecule has 0 spiro atoms. The van der Waals surface area contributed by atoms with Crippen molar-refractivity contribution in [1.29, 1.82) is 0 Å². The van der Waals surface area contributed by atoms with Crippen molar-refractivity contribution in [2.45, 2.75) is 25.2 Å². The van der Waals surface area contributed by atoms with Crippen molar-refractivity contribution in [3.05, 3.63) is 39.8 Å². The standard InChI is InChI=1S/C22H23ClF2N6O2/c1-30-16-6-5-13(9-14(16)17-18(20(30)32)33-12-22(24,25)11-27-17)28-19-15(23)10-26-21(29-19)31-7-3-2-4-8-31/h5-6,9-10,27H,2-4,7-8,11-12H2,1H3,(H,26,28,29). The van der Waals surface area contributed by atoms with Gasteiger partial charge in [0.25, 0.3) is 11.5 Å². The zero-order valence-electron chi connectivity index (χ0n) is 18.0. The van der Waals surface area contributed by atoms with E-state index in [0.717, 1.165) is 25.9 Å². The van der Waals surface area contributed by atoms with Crippen LogP contribution in [-0.2, 0) is 7.05 Å². The molecule has 8 nitrogen and oxygen atoms in total. The molecule has 1 saturated heterocycles. The maximum absolute atomic E-state index is 13.9. The lowest BCUT2D eigenvalue weighted by Gasteiger charge is -2.27. The molecule has 2 aliphatic heterocycles. The van der Waals surface area contributed by atoms with Gasteiger partial charge in [-0.2, -0.15) is 4.98 Å². The van der Waals surface area contributed by atoms with Crippen LogP contribution in [0.4, 0.5) is 31.9 Å². The number of fused-ring (bicyclic) bond motifs is 3. The largest absolute Gasteiger partial charge is 0.480 e. The van der Waals surface area contributed by atoms with E-state index in [9.17, 15) is 13.6 Å². The van der Waals surface area contributed by atoms with Crippen LogP contribution in [0.1, 0.15) is 19.3 Å². The first-order chi connectivity index (χ1) is 15.8. The SMILES string of the molecule is Cn1c(=O)c2c(c3cc(Nc4nc(N5CCCCC5)ncc4Cl)ccc31)NCC(F)(F)CO2. The van der Waals surface area contributed by atoms with Gasteiger partial charge in [0.2, 0.25) is 11.7 Å². The quantitative estimate of drug-likeness (QED) is 0.587. The van der Waals surface area contributed by atoms with Crippen LogP contribution in [0.3, 0.4) is 0 Å². The topological polar surface area (TPSA) is 84.3 Å². The van der Waals surface area contributed by atoms with Crippen molar-refractivity contribution >= 4 is 45.6 Å². The average Bonchev–Trinajstić information content (AvgIpc) is 2.98. The molecule has 0 unspecified atom stereocenters. The Balaban J connectivity index is 1.53. The van der Waals surface area contributed by atoms with E-state index in [2.05, 4.69) is 25.5 Å². The molecule has 1 fully saturated rings. The summed E-state index contributed by atoms with van der Waals surface area (Å²) in [5, 5.41) is 6.83. The fourth-order valence-electron chi connectivity index (χ4n) is 4.18. The number of nitrogens with one attached hydrogen (secondary N) is 2. The normalized spacial score (nSPS) is 17.6. The summed E-state index contributed by atoms with van der Waals surface area (Å²) in [7, 11) is 1.58. The van der Waals surface area contributed by atoms with Gasteiger partial charge in [0.15, 0.2) is 12.4 Å². The number of hydrogen-bond acceptors (Lipinski definition) is 7. The molecule has 0 atom stereocenters. The molecule has 4 heterocycles. The zero-order valence-corrected chi connectivity index (χ0v) is 18.8. The summed E-state index contributed by atoms with van der Waals surface area (Å²) in [5.74, 6) is -2.16. The van der Waals surface area contributed by atoms with Crippen LogP contribution < -0.4 is 25.8 Å². The predicted octanol–water partition coefficient (Wildman–Crippen LogP) is 4.16. The molecule has 3 aromatic rings. The second-order valence-electron chi connectivity index (χ2n) is 8.34. The van der Waals surface area contributed by atoms with Crippen molar-refractivity contribution < 1.29 is 13.5 Å². The van der Waals surface area contributed by atoms with E-state index in [0.29, 0.717) is 33.4 Å². The molecule has 2 N–H and O–H groups in total. The Morgan fingerprint density at radius 3 is 2.82 bits per heavy atom. The van der Waals surface area contributed by atoms with Crippen molar-refractivity contribution in [1.82, 2.24) is 14.5 Å². The van der Waals surface area contributed by atoms with Crippen LogP contribution >= 0.6 is 11.6 Å². The van der Waals surface area contributed by atoms with Crippen LogP contribution in [0.2, 0.25) is 5.02 Å². The Morgan fingerprint density at radius 1 is 1.24 bits per heavy atom. The van der Waals surface area contributed by atoms with Gasteiger partial charge >= 0.3 is 0 Å². The summed E-state index contributed by atoms with van der Waals surface area (Å²) < 4.78 is 34.5. The monoisotopic (exact) mass is 476 g/mol. The number of pyridine rings is 1. The van der Waals surface area contributed by atoms with Crippen LogP contribution in [0.5, 0.6) is 5.75 Å². The first kappa shape index (κ1) is 21.7. The highest BCUT2D eigenvalue weighted by Gasteiger charge is 2.35. The minimum atomic E-state index is -3.09. The Morgan fingerprint density at radius 2 is 2.03 bits per heavy atom. The molecule has 174 valence electrons. The van der Waals surface area contributed by atoms with E-state index in [1.165, 1.54) is 11.0 Å². The smallest absolute Gasteiger partial charge is 0.298 e. The molecule has 2 aromatic heterocycles. The van der Waals surface area contributed by atoms with E-state index < -0.39 is 24.6 Å². The Labute approximate surface area is 193 Å². The molecular formula is C22H23ClF2N6O2. The number of hydrogen-bond donors (Lipinski definition) is 2. The molecule has 2 aliphatic rings. The molecule has 1 aromatic carbocycles. The second-order valence-corrected chi connectivity index (χ2v) is 8.74. The third kappa shape index (κ3) is 4.15. The van der Waals surface area contributed by atoms with Crippen LogP contribution in [0, 0.1) is 0 Å². The van der Waals surface area contributed by atoms with Crippen molar-refractivity contribution in [3.63, 3.8) is 0 Å². The zero-order chi connectivity index (χ0) is 23.2. The summed E-state index contributed by atoms with van der Waals surface area (Å²) in [5.41, 5.74) is 0.977. The maximum Gasteiger partial charge on any atom is 0.298 e. The van der Waals surface area contributed by atoms with Crippen molar-refractivity contribution in [3.8, 4) is 5.75 Å². The van der Waals surface area contributed by atoms with Crippen LogP contribution in [0.15, 0.2) is 29.2 Å². The fraction of sp³-hybridized carbons (Fsp3) is 0.409. The Hall–Kier alpha value is -3.14. The molecule has 33 heavy (non-hydrogen) atoms. The molecule has 0 amide bonds. The number of alkyl halides is 2. The highest BCUT2D eigenvalue weighted by molar-refractivity contribution is 6.32. The van der Waals surface area contributed by atoms with Crippen LogP contribution in [-0.4, -0.2) is 46.7 Å². The van der Waals surface area contributed by atoms with E-state index in [-0.39, 0.29) is 11.4 Å². The van der Waals surface area contributed by atoms with Crippen molar-refractivity contribution in [2.24, 2.45) is 7.05 Å². The summed E-state index contributed by atoms with van der Waals surface area (Å²) in [4.78, 5) is 23.8. The summed E-state index contributed by atoms with van der Waals surface area (Å²) in [6.45, 7) is 0.305. The molecule has 11 heteroatoms. The molecular weight excluding hydrogens is 454 g/mol. The minimum Gasteiger partial charge on any atom is -0.480 e. The second kappa shape index (κ2) is 8.33. The number of piperidine rings is 1.